The molecule has 2 heterocycles. The summed E-state index contributed by atoms with van der Waals surface area (Å²) in [4.78, 5) is 27.3. The summed E-state index contributed by atoms with van der Waals surface area (Å²) in [6, 6.07) is 8.85. The summed E-state index contributed by atoms with van der Waals surface area (Å²) in [6.45, 7) is 0. The van der Waals surface area contributed by atoms with Gasteiger partial charge in [-0.25, -0.2) is 9.18 Å². The molecule has 0 aromatic heterocycles. The highest BCUT2D eigenvalue weighted by Gasteiger charge is 2.44. The van der Waals surface area contributed by atoms with Gasteiger partial charge in [0, 0.05) is 25.1 Å². The Morgan fingerprint density at radius 2 is 2.07 bits per heavy atom. The number of carbonyl (C=O) groups excluding carboxylic acids is 1. The van der Waals surface area contributed by atoms with E-state index in [1.165, 1.54) is 24.1 Å². The Labute approximate surface area is 163 Å². The Bertz CT molecular complexity index is 951. The zero-order chi connectivity index (χ0) is 19.3. The summed E-state index contributed by atoms with van der Waals surface area (Å²) in [7, 11) is 1.50. The van der Waals surface area contributed by atoms with E-state index in [2.05, 4.69) is 15.9 Å². The van der Waals surface area contributed by atoms with Gasteiger partial charge in [0.25, 0.3) is 0 Å². The number of likely N-dealkylation sites (N-methyl/N-ethyl adjacent to an activating group) is 1. The lowest BCUT2D eigenvalue weighted by molar-refractivity contribution is -0.121. The zero-order valence-corrected chi connectivity index (χ0v) is 15.9. The third kappa shape index (κ3) is 2.84. The molecule has 2 aromatic carbocycles. The fraction of sp³-hybridized carbons (Fsp3) is 0.263. The zero-order valence-electron chi connectivity index (χ0n) is 14.4. The minimum Gasteiger partial charge on any atom is -0.465 e. The van der Waals surface area contributed by atoms with E-state index in [1.807, 2.05) is 12.1 Å². The molecule has 2 aromatic rings. The number of fused-ring (bicyclic) bond motifs is 5. The number of benzene rings is 2. The number of carboxylic acid groups (broad SMARTS) is 1. The third-order valence-electron chi connectivity index (χ3n) is 5.08. The smallest absolute Gasteiger partial charge is 0.407 e. The molecule has 2 atom stereocenters. The van der Waals surface area contributed by atoms with Crippen molar-refractivity contribution >= 4 is 33.6 Å². The average Bonchev–Trinajstić information content (AvgIpc) is 2.77. The first-order valence-corrected chi connectivity index (χ1v) is 9.21. The Balaban J connectivity index is 1.97. The van der Waals surface area contributed by atoms with Crippen molar-refractivity contribution in [2.45, 2.75) is 24.9 Å². The monoisotopic (exact) mass is 434 g/mol. The molecule has 0 aliphatic carbocycles. The van der Waals surface area contributed by atoms with E-state index in [4.69, 9.17) is 4.74 Å². The molecule has 1 saturated heterocycles. The minimum atomic E-state index is -1.07. The van der Waals surface area contributed by atoms with Gasteiger partial charge in [-0.2, -0.15) is 0 Å². The van der Waals surface area contributed by atoms with Crippen molar-refractivity contribution in [2.75, 3.05) is 11.9 Å². The number of amides is 2. The number of para-hydroxylation sites is 1. The number of nitrogens with zero attached hydrogens (tertiary/aromatic N) is 2. The SMILES string of the molecule is CN(C(=O)O)[C@@H]1CCC(=O)N2c3cc(Br)c(F)cc3Oc3ccccc3[C@@H]12. The molecular weight excluding hydrogens is 419 g/mol. The van der Waals surface area contributed by atoms with Crippen LogP contribution in [0, 0.1) is 5.82 Å². The van der Waals surface area contributed by atoms with Gasteiger partial charge in [0.2, 0.25) is 5.91 Å². The molecule has 0 unspecified atom stereocenters. The Hall–Kier alpha value is -2.61. The number of anilines is 1. The second-order valence-electron chi connectivity index (χ2n) is 6.58. The van der Waals surface area contributed by atoms with Crippen molar-refractivity contribution in [1.29, 1.82) is 0 Å². The van der Waals surface area contributed by atoms with Crippen molar-refractivity contribution in [3.8, 4) is 11.5 Å². The predicted molar refractivity (Wildman–Crippen MR) is 99.7 cm³/mol. The number of halogens is 2. The molecule has 27 heavy (non-hydrogen) atoms. The summed E-state index contributed by atoms with van der Waals surface area (Å²) in [5.41, 5.74) is 1.11. The van der Waals surface area contributed by atoms with Gasteiger partial charge in [0.05, 0.1) is 22.2 Å². The van der Waals surface area contributed by atoms with Gasteiger partial charge < -0.3 is 14.7 Å². The molecule has 2 aliphatic heterocycles. The maximum atomic E-state index is 14.1. The van der Waals surface area contributed by atoms with Crippen molar-refractivity contribution in [2.24, 2.45) is 0 Å². The molecule has 2 aliphatic rings. The number of rotatable bonds is 1. The lowest BCUT2D eigenvalue weighted by Crippen LogP contribution is -2.52. The second kappa shape index (κ2) is 6.53. The Morgan fingerprint density at radius 3 is 2.81 bits per heavy atom. The molecule has 0 saturated carbocycles. The van der Waals surface area contributed by atoms with Gasteiger partial charge in [-0.05, 0) is 34.5 Å². The molecule has 2 amide bonds. The fourth-order valence-corrected chi connectivity index (χ4v) is 4.11. The summed E-state index contributed by atoms with van der Waals surface area (Å²) in [5.74, 6) is 0.0348. The molecule has 140 valence electrons. The van der Waals surface area contributed by atoms with Crippen LogP contribution in [-0.4, -0.2) is 35.1 Å². The van der Waals surface area contributed by atoms with E-state index in [0.717, 1.165) is 0 Å². The summed E-state index contributed by atoms with van der Waals surface area (Å²) in [6.07, 6.45) is -0.484. The molecular formula is C19H16BrFN2O4. The Morgan fingerprint density at radius 1 is 1.33 bits per heavy atom. The van der Waals surface area contributed by atoms with Crippen LogP contribution in [0.3, 0.4) is 0 Å². The minimum absolute atomic E-state index is 0.157. The van der Waals surface area contributed by atoms with Crippen LogP contribution in [0.2, 0.25) is 0 Å². The van der Waals surface area contributed by atoms with E-state index in [1.54, 1.807) is 17.0 Å². The van der Waals surface area contributed by atoms with Crippen LogP contribution in [0.5, 0.6) is 11.5 Å². The number of ether oxygens (including phenoxy) is 1. The van der Waals surface area contributed by atoms with E-state index < -0.39 is 24.0 Å². The predicted octanol–water partition coefficient (Wildman–Crippen LogP) is 4.54. The van der Waals surface area contributed by atoms with Crippen molar-refractivity contribution in [1.82, 2.24) is 4.90 Å². The van der Waals surface area contributed by atoms with Crippen molar-refractivity contribution < 1.29 is 23.8 Å². The highest BCUT2D eigenvalue weighted by atomic mass is 79.9. The largest absolute Gasteiger partial charge is 0.465 e. The van der Waals surface area contributed by atoms with Crippen LogP contribution in [0.25, 0.3) is 0 Å². The maximum absolute atomic E-state index is 14.1. The second-order valence-corrected chi connectivity index (χ2v) is 7.44. The van der Waals surface area contributed by atoms with Crippen LogP contribution >= 0.6 is 15.9 Å². The topological polar surface area (TPSA) is 70.1 Å². The van der Waals surface area contributed by atoms with E-state index in [0.29, 0.717) is 23.4 Å². The highest BCUT2D eigenvalue weighted by molar-refractivity contribution is 9.10. The first kappa shape index (κ1) is 17.8. The van der Waals surface area contributed by atoms with Crippen LogP contribution in [0.4, 0.5) is 14.9 Å². The van der Waals surface area contributed by atoms with E-state index in [9.17, 15) is 19.1 Å². The lowest BCUT2D eigenvalue weighted by Gasteiger charge is -2.43. The first-order chi connectivity index (χ1) is 12.9. The van der Waals surface area contributed by atoms with Crippen molar-refractivity contribution in [3.63, 3.8) is 0 Å². The summed E-state index contributed by atoms with van der Waals surface area (Å²) in [5, 5.41) is 9.52. The standard InChI is InChI=1S/C19H16BrFN2O4/c1-22(19(25)26)13-6-7-17(24)23-14-8-11(20)12(21)9-16(14)27-15-5-3-2-4-10(15)18(13)23/h2-5,8-9,13,18H,6-7H2,1H3,(H,25,26)/t13-,18+/m1/s1. The maximum Gasteiger partial charge on any atom is 0.407 e. The van der Waals surface area contributed by atoms with Crippen LogP contribution in [0.1, 0.15) is 24.4 Å². The fourth-order valence-electron chi connectivity index (χ4n) is 3.78. The van der Waals surface area contributed by atoms with Gasteiger partial charge in [-0.1, -0.05) is 18.2 Å². The van der Waals surface area contributed by atoms with E-state index >= 15 is 0 Å². The van der Waals surface area contributed by atoms with Gasteiger partial charge in [-0.15, -0.1) is 0 Å². The first-order valence-electron chi connectivity index (χ1n) is 8.42. The van der Waals surface area contributed by atoms with E-state index in [-0.39, 0.29) is 22.6 Å². The third-order valence-corrected chi connectivity index (χ3v) is 5.69. The molecule has 6 nitrogen and oxygen atoms in total. The number of carbonyl (C=O) groups is 2. The Kier molecular flexibility index (Phi) is 4.30. The molecule has 0 radical (unpaired) electrons. The highest BCUT2D eigenvalue weighted by Crippen LogP contribution is 2.49. The quantitative estimate of drug-likeness (QED) is 0.714. The summed E-state index contributed by atoms with van der Waals surface area (Å²) >= 11 is 3.17. The van der Waals surface area contributed by atoms with Gasteiger partial charge >= 0.3 is 6.09 Å². The number of hydrogen-bond acceptors (Lipinski definition) is 3. The van der Waals surface area contributed by atoms with Crippen LogP contribution < -0.4 is 9.64 Å². The van der Waals surface area contributed by atoms with Crippen molar-refractivity contribution in [3.05, 3.63) is 52.3 Å². The summed E-state index contributed by atoms with van der Waals surface area (Å²) < 4.78 is 20.3. The lowest BCUT2D eigenvalue weighted by atomic mass is 9.88. The van der Waals surface area contributed by atoms with Gasteiger partial charge in [-0.3, -0.25) is 9.69 Å². The van der Waals surface area contributed by atoms with Gasteiger partial charge in [0.15, 0.2) is 5.75 Å². The normalized spacial score (nSPS) is 20.7. The molecule has 0 spiro atoms. The molecule has 8 heteroatoms. The van der Waals surface area contributed by atoms with Gasteiger partial charge in [0.1, 0.15) is 11.6 Å². The number of hydrogen-bond donors (Lipinski definition) is 1. The van der Waals surface area contributed by atoms with Crippen LogP contribution in [0.15, 0.2) is 40.9 Å². The average molecular weight is 435 g/mol. The molecule has 1 N–H and O–H groups in total. The molecule has 4 rings (SSSR count). The molecule has 1 fully saturated rings. The number of piperidine rings is 1. The molecule has 0 bridgehead atoms. The van der Waals surface area contributed by atoms with Crippen LogP contribution in [-0.2, 0) is 4.79 Å².